The maximum atomic E-state index is 14.3. The van der Waals surface area contributed by atoms with Crippen LogP contribution in [0.3, 0.4) is 0 Å². The van der Waals surface area contributed by atoms with E-state index in [0.29, 0.717) is 24.4 Å². The van der Waals surface area contributed by atoms with Crippen molar-refractivity contribution in [2.24, 2.45) is 0 Å². The Morgan fingerprint density at radius 2 is 1.07 bits per heavy atom. The van der Waals surface area contributed by atoms with Crippen molar-refractivity contribution in [1.29, 1.82) is 0 Å². The van der Waals surface area contributed by atoms with Gasteiger partial charge in [0.05, 0.1) is 6.42 Å². The lowest BCUT2D eigenvalue weighted by molar-refractivity contribution is -0.131. The SMILES string of the molecule is Cl.Fc1ccc2[nH]cc(CCN3CCC(c4c[nH]c5cccc(F)c45)CC3)c2c1.O=C(Cc1c[nH]c2ccc(F)cc12)N1CCC(c2c[nH]c3cccc(F)c23)CC1. The Balaban J connectivity index is 0.000000159. The quantitative estimate of drug-likeness (QED) is 0.121. The lowest BCUT2D eigenvalue weighted by Crippen LogP contribution is -2.38. The number of aromatic amines is 4. The second-order valence-corrected chi connectivity index (χ2v) is 15.5. The standard InChI is InChI=1S/C23H21F2N3O.C23H23F2N3.ClH/c24-16-4-5-20-17(11-16)15(12-26-20)10-22(29)28-8-6-14(7-9-28)18-13-27-21-3-1-2-19(25)23(18)21;24-17-4-5-21-18(12-17)16(13-26-21)8-11-28-9-6-15(7-10-28)19-14-27-22-3-1-2-20(25)23(19)22;/h1-5,11-14,26-27H,6-10H2;1-5,12-15,26-27H,6-11H2;1H. The average molecular weight is 809 g/mol. The summed E-state index contributed by atoms with van der Waals surface area (Å²) in [5.41, 5.74) is 7.58. The number of H-pyrrole nitrogens is 4. The van der Waals surface area contributed by atoms with Gasteiger partial charge >= 0.3 is 0 Å². The zero-order valence-electron chi connectivity index (χ0n) is 31.9. The summed E-state index contributed by atoms with van der Waals surface area (Å²) >= 11 is 0. The van der Waals surface area contributed by atoms with E-state index in [1.165, 1.54) is 24.3 Å². The fourth-order valence-corrected chi connectivity index (χ4v) is 9.09. The van der Waals surface area contributed by atoms with E-state index in [1.807, 2.05) is 35.6 Å². The summed E-state index contributed by atoms with van der Waals surface area (Å²) < 4.78 is 55.7. The molecule has 2 fully saturated rings. The van der Waals surface area contributed by atoms with Gasteiger partial charge in [0.2, 0.25) is 5.91 Å². The molecule has 4 N–H and O–H groups in total. The molecule has 2 aliphatic heterocycles. The summed E-state index contributed by atoms with van der Waals surface area (Å²) in [5.74, 6) is -0.182. The third-order valence-electron chi connectivity index (χ3n) is 12.2. The molecule has 0 saturated carbocycles. The number of halogens is 5. The van der Waals surface area contributed by atoms with Crippen LogP contribution in [0.4, 0.5) is 17.6 Å². The third kappa shape index (κ3) is 7.85. The summed E-state index contributed by atoms with van der Waals surface area (Å²) in [6.45, 7) is 4.24. The van der Waals surface area contributed by atoms with Gasteiger partial charge in [-0.05, 0) is 140 Å². The van der Waals surface area contributed by atoms with Crippen LogP contribution in [-0.2, 0) is 17.6 Å². The topological polar surface area (TPSA) is 86.7 Å². The van der Waals surface area contributed by atoms with Gasteiger partial charge in [-0.25, -0.2) is 17.6 Å². The van der Waals surface area contributed by atoms with Gasteiger partial charge in [0, 0.05) is 88.0 Å². The number of benzene rings is 4. The molecule has 4 aromatic carbocycles. The monoisotopic (exact) mass is 808 g/mol. The first-order chi connectivity index (χ1) is 27.8. The molecule has 58 heavy (non-hydrogen) atoms. The van der Waals surface area contributed by atoms with E-state index in [0.717, 1.165) is 112 Å². The number of nitrogens with one attached hydrogen (secondary N) is 4. The van der Waals surface area contributed by atoms with E-state index < -0.39 is 0 Å². The minimum absolute atomic E-state index is 0. The van der Waals surface area contributed by atoms with Crippen molar-refractivity contribution < 1.29 is 22.4 Å². The molecule has 12 heteroatoms. The van der Waals surface area contributed by atoms with Crippen LogP contribution < -0.4 is 0 Å². The van der Waals surface area contributed by atoms with Crippen molar-refractivity contribution >= 4 is 61.9 Å². The molecule has 0 unspecified atom stereocenters. The Bertz CT molecular complexity index is 2700. The number of aromatic nitrogens is 4. The summed E-state index contributed by atoms with van der Waals surface area (Å²) in [6.07, 6.45) is 12.5. The Kier molecular flexibility index (Phi) is 11.4. The van der Waals surface area contributed by atoms with Crippen LogP contribution >= 0.6 is 12.4 Å². The van der Waals surface area contributed by atoms with Crippen molar-refractivity contribution in [2.75, 3.05) is 32.7 Å². The number of rotatable bonds is 7. The number of hydrogen-bond acceptors (Lipinski definition) is 2. The molecule has 0 aliphatic carbocycles. The van der Waals surface area contributed by atoms with Gasteiger partial charge in [0.1, 0.15) is 23.3 Å². The van der Waals surface area contributed by atoms with E-state index in [-0.39, 0.29) is 53.9 Å². The van der Waals surface area contributed by atoms with Crippen LogP contribution in [0.2, 0.25) is 0 Å². The van der Waals surface area contributed by atoms with E-state index in [9.17, 15) is 22.4 Å². The molecule has 300 valence electrons. The van der Waals surface area contributed by atoms with Crippen LogP contribution in [0.15, 0.2) is 97.6 Å². The summed E-state index contributed by atoms with van der Waals surface area (Å²) in [6, 6.07) is 19.7. The zero-order valence-corrected chi connectivity index (χ0v) is 32.7. The number of nitrogens with zero attached hydrogens (tertiary/aromatic N) is 2. The first-order valence-electron chi connectivity index (χ1n) is 19.8. The number of hydrogen-bond donors (Lipinski definition) is 4. The number of likely N-dealkylation sites (tertiary alicyclic amines) is 2. The number of amides is 1. The molecule has 6 heterocycles. The number of piperidine rings is 2. The molecule has 0 radical (unpaired) electrons. The summed E-state index contributed by atoms with van der Waals surface area (Å²) in [4.78, 5) is 29.8. The highest BCUT2D eigenvalue weighted by atomic mass is 35.5. The predicted molar refractivity (Wildman–Crippen MR) is 225 cm³/mol. The number of carbonyl (C=O) groups is 1. The fraction of sp³-hybridized carbons (Fsp3) is 0.283. The highest BCUT2D eigenvalue weighted by Gasteiger charge is 2.27. The van der Waals surface area contributed by atoms with Gasteiger partial charge in [-0.15, -0.1) is 12.4 Å². The minimum Gasteiger partial charge on any atom is -0.361 e. The van der Waals surface area contributed by atoms with Crippen LogP contribution in [0.25, 0.3) is 43.6 Å². The molecule has 1 amide bonds. The van der Waals surface area contributed by atoms with Crippen LogP contribution in [0, 0.1) is 23.3 Å². The van der Waals surface area contributed by atoms with Crippen LogP contribution in [0.5, 0.6) is 0 Å². The van der Waals surface area contributed by atoms with Crippen molar-refractivity contribution in [3.8, 4) is 0 Å². The third-order valence-corrected chi connectivity index (χ3v) is 12.2. The van der Waals surface area contributed by atoms with E-state index in [2.05, 4.69) is 24.8 Å². The van der Waals surface area contributed by atoms with Gasteiger partial charge in [-0.1, -0.05) is 12.1 Å². The van der Waals surface area contributed by atoms with Gasteiger partial charge < -0.3 is 29.7 Å². The highest BCUT2D eigenvalue weighted by Crippen LogP contribution is 2.36. The second kappa shape index (κ2) is 16.8. The molecule has 0 spiro atoms. The molecule has 2 aliphatic rings. The molecule has 4 aromatic heterocycles. The zero-order chi connectivity index (χ0) is 39.0. The number of fused-ring (bicyclic) bond motifs is 4. The first kappa shape index (κ1) is 39.3. The predicted octanol–water partition coefficient (Wildman–Crippen LogP) is 10.6. The Morgan fingerprint density at radius 1 is 0.586 bits per heavy atom. The highest BCUT2D eigenvalue weighted by molar-refractivity contribution is 5.89. The largest absolute Gasteiger partial charge is 0.361 e. The molecule has 8 aromatic rings. The van der Waals surface area contributed by atoms with Crippen molar-refractivity contribution in [3.05, 3.63) is 143 Å². The Labute approximate surface area is 339 Å². The average Bonchev–Trinajstić information content (AvgIpc) is 4.04. The molecular weight excluding hydrogens is 764 g/mol. The van der Waals surface area contributed by atoms with Crippen molar-refractivity contribution in [1.82, 2.24) is 29.7 Å². The van der Waals surface area contributed by atoms with E-state index in [1.54, 1.807) is 42.6 Å². The molecule has 0 atom stereocenters. The fourth-order valence-electron chi connectivity index (χ4n) is 9.09. The maximum absolute atomic E-state index is 14.3. The second-order valence-electron chi connectivity index (χ2n) is 15.5. The molecule has 0 bridgehead atoms. The molecule has 7 nitrogen and oxygen atoms in total. The molecule has 2 saturated heterocycles. The Hall–Kier alpha value is -5.52. The molecule has 10 rings (SSSR count). The molecular formula is C46H45ClF4N6O. The van der Waals surface area contributed by atoms with E-state index >= 15 is 0 Å². The van der Waals surface area contributed by atoms with Crippen LogP contribution in [0.1, 0.15) is 59.8 Å². The van der Waals surface area contributed by atoms with Gasteiger partial charge in [0.25, 0.3) is 0 Å². The summed E-state index contributed by atoms with van der Waals surface area (Å²) in [7, 11) is 0. The van der Waals surface area contributed by atoms with Crippen molar-refractivity contribution in [2.45, 2.75) is 50.4 Å². The van der Waals surface area contributed by atoms with Crippen molar-refractivity contribution in [3.63, 3.8) is 0 Å². The van der Waals surface area contributed by atoms with Crippen LogP contribution in [-0.4, -0.2) is 68.4 Å². The smallest absolute Gasteiger partial charge is 0.227 e. The summed E-state index contributed by atoms with van der Waals surface area (Å²) in [5, 5.41) is 3.14. The lowest BCUT2D eigenvalue weighted by atomic mass is 9.89. The van der Waals surface area contributed by atoms with Gasteiger partial charge in [-0.3, -0.25) is 4.79 Å². The first-order valence-corrected chi connectivity index (χ1v) is 19.8. The van der Waals surface area contributed by atoms with Gasteiger partial charge in [0.15, 0.2) is 0 Å². The van der Waals surface area contributed by atoms with Gasteiger partial charge in [-0.2, -0.15) is 0 Å². The lowest BCUT2D eigenvalue weighted by Gasteiger charge is -2.32. The number of carbonyl (C=O) groups excluding carboxylic acids is 1. The Morgan fingerprint density at radius 3 is 1.62 bits per heavy atom. The van der Waals surface area contributed by atoms with E-state index in [4.69, 9.17) is 0 Å². The normalized spacial score (nSPS) is 15.6. The minimum atomic E-state index is -0.308. The maximum Gasteiger partial charge on any atom is 0.227 e.